The molecule has 1 amide bonds. The lowest BCUT2D eigenvalue weighted by Crippen LogP contribution is -2.36. The number of thioether (sulfide) groups is 1. The third-order valence-electron chi connectivity index (χ3n) is 2.18. The number of carbonyl (C=O) groups is 1. The van der Waals surface area contributed by atoms with Crippen LogP contribution in [0.15, 0.2) is 0 Å². The van der Waals surface area contributed by atoms with Gasteiger partial charge in [-0.15, -0.1) is 12.4 Å². The Morgan fingerprint density at radius 1 is 1.64 bits per heavy atom. The van der Waals surface area contributed by atoms with E-state index in [0.717, 1.165) is 31.7 Å². The molecule has 1 unspecified atom stereocenters. The van der Waals surface area contributed by atoms with E-state index >= 15 is 0 Å². The van der Waals surface area contributed by atoms with Crippen LogP contribution >= 0.6 is 24.2 Å². The average Bonchev–Trinajstić information content (AvgIpc) is 2.57. The molecule has 1 aliphatic heterocycles. The number of nitrogens with one attached hydrogen (secondary N) is 2. The van der Waals surface area contributed by atoms with Gasteiger partial charge in [-0.2, -0.15) is 11.8 Å². The summed E-state index contributed by atoms with van der Waals surface area (Å²) in [6.07, 6.45) is 4.82. The predicted octanol–water partition coefficient (Wildman–Crippen LogP) is 1.03. The minimum atomic E-state index is 0. The minimum Gasteiger partial charge on any atom is -0.352 e. The van der Waals surface area contributed by atoms with Crippen molar-refractivity contribution in [3.8, 4) is 0 Å². The first-order valence-electron chi connectivity index (χ1n) is 4.82. The van der Waals surface area contributed by atoms with Crippen LogP contribution in [0.1, 0.15) is 19.3 Å². The van der Waals surface area contributed by atoms with E-state index in [-0.39, 0.29) is 18.3 Å². The van der Waals surface area contributed by atoms with E-state index in [1.807, 2.05) is 0 Å². The number of hydrogen-bond donors (Lipinski definition) is 2. The zero-order valence-corrected chi connectivity index (χ0v) is 10.2. The fourth-order valence-corrected chi connectivity index (χ4v) is 1.89. The van der Waals surface area contributed by atoms with E-state index in [0.29, 0.717) is 12.5 Å². The van der Waals surface area contributed by atoms with Crippen molar-refractivity contribution in [2.75, 3.05) is 25.1 Å². The summed E-state index contributed by atoms with van der Waals surface area (Å²) < 4.78 is 0. The first kappa shape index (κ1) is 14.1. The fourth-order valence-electron chi connectivity index (χ4n) is 1.45. The van der Waals surface area contributed by atoms with E-state index in [2.05, 4.69) is 16.9 Å². The summed E-state index contributed by atoms with van der Waals surface area (Å²) in [4.78, 5) is 11.3. The quantitative estimate of drug-likeness (QED) is 0.703. The molecular weight excluding hydrogens is 220 g/mol. The van der Waals surface area contributed by atoms with Gasteiger partial charge in [0.25, 0.3) is 0 Å². The Hall–Kier alpha value is 0.0700. The van der Waals surface area contributed by atoms with Gasteiger partial charge in [0, 0.05) is 19.0 Å². The monoisotopic (exact) mass is 238 g/mol. The smallest absolute Gasteiger partial charge is 0.220 e. The molecule has 2 N–H and O–H groups in total. The van der Waals surface area contributed by atoms with E-state index in [1.54, 1.807) is 11.8 Å². The Morgan fingerprint density at radius 3 is 3.00 bits per heavy atom. The molecule has 0 aromatic carbocycles. The SMILES string of the molecule is CSCCCC(=O)NC1CCNC1.Cl. The highest BCUT2D eigenvalue weighted by molar-refractivity contribution is 7.98. The largest absolute Gasteiger partial charge is 0.352 e. The van der Waals surface area contributed by atoms with Crippen LogP contribution in [-0.4, -0.2) is 37.0 Å². The summed E-state index contributed by atoms with van der Waals surface area (Å²) in [5.41, 5.74) is 0. The van der Waals surface area contributed by atoms with Crippen LogP contribution in [0.5, 0.6) is 0 Å². The molecule has 84 valence electrons. The van der Waals surface area contributed by atoms with Crippen molar-refractivity contribution in [1.82, 2.24) is 10.6 Å². The summed E-state index contributed by atoms with van der Waals surface area (Å²) in [5.74, 6) is 1.29. The van der Waals surface area contributed by atoms with E-state index in [1.165, 1.54) is 0 Å². The first-order chi connectivity index (χ1) is 6.33. The van der Waals surface area contributed by atoms with Gasteiger partial charge in [0.05, 0.1) is 0 Å². The maximum absolute atomic E-state index is 11.3. The Labute approximate surface area is 96.2 Å². The number of carbonyl (C=O) groups excluding carboxylic acids is 1. The van der Waals surface area contributed by atoms with Crippen LogP contribution in [0.4, 0.5) is 0 Å². The second kappa shape index (κ2) is 8.38. The number of hydrogen-bond acceptors (Lipinski definition) is 3. The summed E-state index contributed by atoms with van der Waals surface area (Å²) in [5, 5.41) is 6.25. The van der Waals surface area contributed by atoms with Gasteiger partial charge < -0.3 is 10.6 Å². The molecule has 0 radical (unpaired) electrons. The van der Waals surface area contributed by atoms with Crippen molar-refractivity contribution in [3.05, 3.63) is 0 Å². The van der Waals surface area contributed by atoms with Crippen LogP contribution in [-0.2, 0) is 4.79 Å². The Kier molecular flexibility index (Phi) is 8.43. The summed E-state index contributed by atoms with van der Waals surface area (Å²) in [6.45, 7) is 1.98. The van der Waals surface area contributed by atoms with Gasteiger partial charge in [0.15, 0.2) is 0 Å². The molecule has 1 aliphatic rings. The van der Waals surface area contributed by atoms with Crippen LogP contribution < -0.4 is 10.6 Å². The molecule has 0 aromatic rings. The van der Waals surface area contributed by atoms with Crippen molar-refractivity contribution < 1.29 is 4.79 Å². The molecule has 1 saturated heterocycles. The van der Waals surface area contributed by atoms with Crippen LogP contribution in [0.3, 0.4) is 0 Å². The van der Waals surface area contributed by atoms with Gasteiger partial charge in [-0.25, -0.2) is 0 Å². The lowest BCUT2D eigenvalue weighted by molar-refractivity contribution is -0.121. The third-order valence-corrected chi connectivity index (χ3v) is 2.87. The highest BCUT2D eigenvalue weighted by atomic mass is 35.5. The maximum Gasteiger partial charge on any atom is 0.220 e. The van der Waals surface area contributed by atoms with Gasteiger partial charge in [-0.1, -0.05) is 0 Å². The molecule has 5 heteroatoms. The molecular formula is C9H19ClN2OS. The zero-order valence-electron chi connectivity index (χ0n) is 8.54. The van der Waals surface area contributed by atoms with Crippen LogP contribution in [0, 0.1) is 0 Å². The Bertz CT molecular complexity index is 163. The van der Waals surface area contributed by atoms with Gasteiger partial charge in [0.1, 0.15) is 0 Å². The molecule has 0 spiro atoms. The van der Waals surface area contributed by atoms with Crippen molar-refractivity contribution >= 4 is 30.1 Å². The highest BCUT2D eigenvalue weighted by Crippen LogP contribution is 2.01. The minimum absolute atomic E-state index is 0. The van der Waals surface area contributed by atoms with Crippen LogP contribution in [0.2, 0.25) is 0 Å². The van der Waals surface area contributed by atoms with E-state index < -0.39 is 0 Å². The molecule has 0 aliphatic carbocycles. The van der Waals surface area contributed by atoms with Crippen molar-refractivity contribution in [2.45, 2.75) is 25.3 Å². The summed E-state index contributed by atoms with van der Waals surface area (Å²) >= 11 is 1.79. The van der Waals surface area contributed by atoms with Gasteiger partial charge >= 0.3 is 0 Å². The average molecular weight is 239 g/mol. The standard InChI is InChI=1S/C9H18N2OS.ClH/c1-13-6-2-3-9(12)11-8-4-5-10-7-8;/h8,10H,2-7H2,1H3,(H,11,12);1H. The Morgan fingerprint density at radius 2 is 2.43 bits per heavy atom. The molecule has 0 bridgehead atoms. The molecule has 1 atom stereocenters. The zero-order chi connectivity index (χ0) is 9.52. The molecule has 14 heavy (non-hydrogen) atoms. The Balaban J connectivity index is 0.00000169. The molecule has 1 heterocycles. The van der Waals surface area contributed by atoms with E-state index in [4.69, 9.17) is 0 Å². The van der Waals surface area contributed by atoms with Crippen molar-refractivity contribution in [3.63, 3.8) is 0 Å². The summed E-state index contributed by atoms with van der Waals surface area (Å²) in [6, 6.07) is 0.377. The van der Waals surface area contributed by atoms with Crippen molar-refractivity contribution in [1.29, 1.82) is 0 Å². The third kappa shape index (κ3) is 5.73. The second-order valence-electron chi connectivity index (χ2n) is 3.35. The number of halogens is 1. The van der Waals surface area contributed by atoms with Gasteiger partial charge in [0.2, 0.25) is 5.91 Å². The topological polar surface area (TPSA) is 41.1 Å². The van der Waals surface area contributed by atoms with Gasteiger partial charge in [-0.3, -0.25) is 4.79 Å². The fraction of sp³-hybridized carbons (Fsp3) is 0.889. The molecule has 1 rings (SSSR count). The molecule has 3 nitrogen and oxygen atoms in total. The lowest BCUT2D eigenvalue weighted by Gasteiger charge is -2.10. The first-order valence-corrected chi connectivity index (χ1v) is 6.21. The summed E-state index contributed by atoms with van der Waals surface area (Å²) in [7, 11) is 0. The van der Waals surface area contributed by atoms with Crippen LogP contribution in [0.25, 0.3) is 0 Å². The van der Waals surface area contributed by atoms with E-state index in [9.17, 15) is 4.79 Å². The normalized spacial score (nSPS) is 20.2. The molecule has 0 aromatic heterocycles. The highest BCUT2D eigenvalue weighted by Gasteiger charge is 2.15. The molecule has 1 fully saturated rings. The molecule has 0 saturated carbocycles. The number of amides is 1. The second-order valence-corrected chi connectivity index (χ2v) is 4.34. The predicted molar refractivity (Wildman–Crippen MR) is 64.3 cm³/mol. The van der Waals surface area contributed by atoms with Gasteiger partial charge in [-0.05, 0) is 31.4 Å². The lowest BCUT2D eigenvalue weighted by atomic mass is 10.2. The maximum atomic E-state index is 11.3. The number of rotatable bonds is 5. The van der Waals surface area contributed by atoms with Crippen molar-refractivity contribution in [2.24, 2.45) is 0 Å².